The number of amides is 2. The molecular formula is C15H20ClN3O2. The summed E-state index contributed by atoms with van der Waals surface area (Å²) >= 11 is 0. The lowest BCUT2D eigenvalue weighted by molar-refractivity contribution is -0.127. The Morgan fingerprint density at radius 1 is 1.38 bits per heavy atom. The van der Waals surface area contributed by atoms with Crippen molar-refractivity contribution >= 4 is 29.9 Å². The van der Waals surface area contributed by atoms with E-state index in [1.54, 1.807) is 0 Å². The zero-order chi connectivity index (χ0) is 14.1. The quantitative estimate of drug-likeness (QED) is 0.720. The smallest absolute Gasteiger partial charge is 0.225 e. The zero-order valence-corrected chi connectivity index (χ0v) is 12.5. The van der Waals surface area contributed by atoms with Crippen LogP contribution in [-0.2, 0) is 16.0 Å². The highest BCUT2D eigenvalue weighted by Gasteiger charge is 2.30. The summed E-state index contributed by atoms with van der Waals surface area (Å²) in [4.78, 5) is 23.4. The maximum absolute atomic E-state index is 12.2. The Morgan fingerprint density at radius 2 is 2.19 bits per heavy atom. The Bertz CT molecular complexity index is 562. The molecule has 2 amide bonds. The third-order valence-corrected chi connectivity index (χ3v) is 4.15. The van der Waals surface area contributed by atoms with Crippen LogP contribution in [0.15, 0.2) is 18.2 Å². The summed E-state index contributed by atoms with van der Waals surface area (Å²) in [6, 6.07) is 5.92. The van der Waals surface area contributed by atoms with Crippen LogP contribution in [0.2, 0.25) is 0 Å². The number of anilines is 1. The number of carbonyl (C=O) groups excluding carboxylic acids is 2. The fraction of sp³-hybridized carbons (Fsp3) is 0.467. The van der Waals surface area contributed by atoms with Crippen molar-refractivity contribution in [3.63, 3.8) is 0 Å². The summed E-state index contributed by atoms with van der Waals surface area (Å²) < 4.78 is 0. The Kier molecular flexibility index (Phi) is 4.73. The van der Waals surface area contributed by atoms with E-state index in [4.69, 9.17) is 5.73 Å². The van der Waals surface area contributed by atoms with Gasteiger partial charge in [0.15, 0.2) is 0 Å². The maximum atomic E-state index is 12.2. The van der Waals surface area contributed by atoms with Gasteiger partial charge >= 0.3 is 0 Å². The summed E-state index contributed by atoms with van der Waals surface area (Å²) in [5, 5.41) is 5.78. The number of hydrogen-bond acceptors (Lipinski definition) is 3. The first kappa shape index (κ1) is 15.6. The van der Waals surface area contributed by atoms with Crippen molar-refractivity contribution in [3.05, 3.63) is 29.3 Å². The summed E-state index contributed by atoms with van der Waals surface area (Å²) in [6.07, 6.45) is 3.30. The van der Waals surface area contributed by atoms with Gasteiger partial charge in [-0.2, -0.15) is 0 Å². The predicted molar refractivity (Wildman–Crippen MR) is 83.0 cm³/mol. The molecule has 2 atom stereocenters. The summed E-state index contributed by atoms with van der Waals surface area (Å²) in [5.41, 5.74) is 8.96. The molecule has 5 nitrogen and oxygen atoms in total. The van der Waals surface area contributed by atoms with Crippen molar-refractivity contribution in [1.29, 1.82) is 0 Å². The van der Waals surface area contributed by atoms with Gasteiger partial charge in [-0.15, -0.1) is 12.4 Å². The molecule has 0 saturated carbocycles. The van der Waals surface area contributed by atoms with Gasteiger partial charge in [-0.3, -0.25) is 9.59 Å². The number of hydrogen-bond donors (Lipinski definition) is 3. The summed E-state index contributed by atoms with van der Waals surface area (Å²) in [6.45, 7) is 0.450. The van der Waals surface area contributed by atoms with Crippen LogP contribution in [0.5, 0.6) is 0 Å². The number of halogens is 1. The molecule has 114 valence electrons. The average molecular weight is 310 g/mol. The highest BCUT2D eigenvalue weighted by Crippen LogP contribution is 2.31. The van der Waals surface area contributed by atoms with Crippen molar-refractivity contribution in [2.75, 3.05) is 12.3 Å². The molecule has 3 rings (SSSR count). The predicted octanol–water partition coefficient (Wildman–Crippen LogP) is 1.32. The van der Waals surface area contributed by atoms with E-state index in [1.165, 1.54) is 5.56 Å². The molecule has 1 aromatic carbocycles. The number of nitrogen functional groups attached to an aromatic ring is 1. The first-order valence-corrected chi connectivity index (χ1v) is 7.09. The summed E-state index contributed by atoms with van der Waals surface area (Å²) in [5.74, 6) is -0.304. The van der Waals surface area contributed by atoms with Gasteiger partial charge in [0.2, 0.25) is 11.8 Å². The second-order valence-electron chi connectivity index (χ2n) is 5.62. The minimum atomic E-state index is -0.235. The van der Waals surface area contributed by atoms with Crippen LogP contribution in [-0.4, -0.2) is 18.4 Å². The molecule has 1 aliphatic carbocycles. The second kappa shape index (κ2) is 6.35. The maximum Gasteiger partial charge on any atom is 0.225 e. The molecule has 2 unspecified atom stereocenters. The molecule has 0 aromatic heterocycles. The van der Waals surface area contributed by atoms with Gasteiger partial charge in [0.25, 0.3) is 0 Å². The Labute approximate surface area is 130 Å². The molecule has 2 aliphatic rings. The van der Waals surface area contributed by atoms with E-state index in [9.17, 15) is 9.59 Å². The van der Waals surface area contributed by atoms with Gasteiger partial charge in [0.05, 0.1) is 12.0 Å². The number of fused-ring (bicyclic) bond motifs is 1. The van der Waals surface area contributed by atoms with E-state index >= 15 is 0 Å². The molecule has 0 radical (unpaired) electrons. The van der Waals surface area contributed by atoms with Gasteiger partial charge < -0.3 is 16.4 Å². The number of aryl methyl sites for hydroxylation is 1. The van der Waals surface area contributed by atoms with Crippen molar-refractivity contribution < 1.29 is 9.59 Å². The number of nitrogens with two attached hydrogens (primary N) is 1. The SMILES string of the molecule is Cl.Nc1ccc2c(c1)CCCC2NC(=O)C1CNC(=O)C1. The lowest BCUT2D eigenvalue weighted by Gasteiger charge is -2.27. The molecule has 1 fully saturated rings. The average Bonchev–Trinajstić information content (AvgIpc) is 2.85. The molecule has 1 heterocycles. The zero-order valence-electron chi connectivity index (χ0n) is 11.7. The molecular weight excluding hydrogens is 290 g/mol. The van der Waals surface area contributed by atoms with Crippen LogP contribution >= 0.6 is 12.4 Å². The van der Waals surface area contributed by atoms with Crippen LogP contribution in [0, 0.1) is 5.92 Å². The van der Waals surface area contributed by atoms with Crippen molar-refractivity contribution in [2.24, 2.45) is 5.92 Å². The van der Waals surface area contributed by atoms with Crippen LogP contribution < -0.4 is 16.4 Å². The summed E-state index contributed by atoms with van der Waals surface area (Å²) in [7, 11) is 0. The number of nitrogens with one attached hydrogen (secondary N) is 2. The lowest BCUT2D eigenvalue weighted by Crippen LogP contribution is -2.36. The highest BCUT2D eigenvalue weighted by molar-refractivity contribution is 5.89. The highest BCUT2D eigenvalue weighted by atomic mass is 35.5. The number of carbonyl (C=O) groups is 2. The van der Waals surface area contributed by atoms with Crippen LogP contribution in [0.25, 0.3) is 0 Å². The topological polar surface area (TPSA) is 84.2 Å². The van der Waals surface area contributed by atoms with E-state index in [2.05, 4.69) is 10.6 Å². The van der Waals surface area contributed by atoms with Crippen LogP contribution in [0.1, 0.15) is 36.4 Å². The van der Waals surface area contributed by atoms with Gasteiger partial charge in [-0.05, 0) is 42.5 Å². The monoisotopic (exact) mass is 309 g/mol. The van der Waals surface area contributed by atoms with E-state index in [-0.39, 0.29) is 36.2 Å². The van der Waals surface area contributed by atoms with E-state index in [0.717, 1.165) is 30.5 Å². The lowest BCUT2D eigenvalue weighted by atomic mass is 9.87. The number of benzene rings is 1. The molecule has 1 aromatic rings. The minimum Gasteiger partial charge on any atom is -0.399 e. The Hall–Kier alpha value is -1.75. The van der Waals surface area contributed by atoms with E-state index in [1.807, 2.05) is 18.2 Å². The number of rotatable bonds is 2. The van der Waals surface area contributed by atoms with E-state index in [0.29, 0.717) is 13.0 Å². The Morgan fingerprint density at radius 3 is 2.90 bits per heavy atom. The van der Waals surface area contributed by atoms with Gasteiger partial charge in [-0.25, -0.2) is 0 Å². The third kappa shape index (κ3) is 3.29. The standard InChI is InChI=1S/C15H19N3O2.ClH/c16-11-4-5-12-9(6-11)2-1-3-13(12)18-15(20)10-7-14(19)17-8-10;/h4-6,10,13H,1-3,7-8,16H2,(H,17,19)(H,18,20);1H. The fourth-order valence-electron chi connectivity index (χ4n) is 3.06. The van der Waals surface area contributed by atoms with Crippen molar-refractivity contribution in [2.45, 2.75) is 31.7 Å². The molecule has 4 N–H and O–H groups in total. The molecule has 0 bridgehead atoms. The first-order chi connectivity index (χ1) is 9.63. The molecule has 0 spiro atoms. The normalized spacial score (nSPS) is 23.7. The van der Waals surface area contributed by atoms with Crippen molar-refractivity contribution in [3.8, 4) is 0 Å². The third-order valence-electron chi connectivity index (χ3n) is 4.15. The second-order valence-corrected chi connectivity index (χ2v) is 5.62. The van der Waals surface area contributed by atoms with Gasteiger partial charge in [-0.1, -0.05) is 6.07 Å². The van der Waals surface area contributed by atoms with Gasteiger partial charge in [0.1, 0.15) is 0 Å². The molecule has 1 saturated heterocycles. The van der Waals surface area contributed by atoms with E-state index < -0.39 is 0 Å². The van der Waals surface area contributed by atoms with Gasteiger partial charge in [0, 0.05) is 18.7 Å². The minimum absolute atomic E-state index is 0. The molecule has 1 aliphatic heterocycles. The Balaban J connectivity index is 0.00000161. The van der Waals surface area contributed by atoms with Crippen molar-refractivity contribution in [1.82, 2.24) is 10.6 Å². The fourth-order valence-corrected chi connectivity index (χ4v) is 3.06. The molecule has 21 heavy (non-hydrogen) atoms. The first-order valence-electron chi connectivity index (χ1n) is 7.09. The molecule has 6 heteroatoms. The largest absolute Gasteiger partial charge is 0.399 e. The van der Waals surface area contributed by atoms with Crippen LogP contribution in [0.3, 0.4) is 0 Å². The van der Waals surface area contributed by atoms with Crippen LogP contribution in [0.4, 0.5) is 5.69 Å².